The first-order valence-electron chi connectivity index (χ1n) is 10.4. The molecule has 2 aliphatic heterocycles. The van der Waals surface area contributed by atoms with Crippen molar-refractivity contribution in [3.63, 3.8) is 0 Å². The van der Waals surface area contributed by atoms with Crippen molar-refractivity contribution in [3.8, 4) is 0 Å². The summed E-state index contributed by atoms with van der Waals surface area (Å²) >= 11 is 0. The van der Waals surface area contributed by atoms with E-state index in [0.717, 1.165) is 35.4 Å². The number of rotatable bonds is 3. The van der Waals surface area contributed by atoms with Gasteiger partial charge < -0.3 is 14.7 Å². The Hall–Kier alpha value is -3.41. The van der Waals surface area contributed by atoms with Gasteiger partial charge in [-0.3, -0.25) is 9.59 Å². The predicted molar refractivity (Wildman–Crippen MR) is 117 cm³/mol. The van der Waals surface area contributed by atoms with E-state index in [0.29, 0.717) is 19.6 Å². The molecule has 0 N–H and O–H groups in total. The standard InChI is InChI=1S/C24H24N4O2/c29-23-16-19(17-28(23)21-9-5-7-18-6-1-2-8-20(18)21)24(30)27-14-12-26(13-15-27)22-10-3-4-11-25-22/h1-11,19H,12-17H2/t19-/m0/s1. The Morgan fingerprint density at radius 2 is 1.67 bits per heavy atom. The van der Waals surface area contributed by atoms with Crippen LogP contribution in [0.25, 0.3) is 10.8 Å². The van der Waals surface area contributed by atoms with Gasteiger partial charge in [0, 0.05) is 50.7 Å². The third-order valence-electron chi connectivity index (χ3n) is 6.10. The van der Waals surface area contributed by atoms with E-state index in [2.05, 4.69) is 9.88 Å². The zero-order valence-corrected chi connectivity index (χ0v) is 16.8. The molecule has 0 spiro atoms. The van der Waals surface area contributed by atoms with Gasteiger partial charge in [-0.2, -0.15) is 0 Å². The zero-order chi connectivity index (χ0) is 20.5. The number of hydrogen-bond acceptors (Lipinski definition) is 4. The molecule has 0 radical (unpaired) electrons. The zero-order valence-electron chi connectivity index (χ0n) is 16.8. The molecule has 0 unspecified atom stereocenters. The number of nitrogens with zero attached hydrogens (tertiary/aromatic N) is 4. The summed E-state index contributed by atoms with van der Waals surface area (Å²) in [6.07, 6.45) is 2.07. The SMILES string of the molecule is O=C([C@H]1CC(=O)N(c2cccc3ccccc23)C1)N1CCN(c2ccccn2)CC1. The lowest BCUT2D eigenvalue weighted by molar-refractivity contribution is -0.136. The summed E-state index contributed by atoms with van der Waals surface area (Å²) in [4.78, 5) is 36.2. The first kappa shape index (κ1) is 18.6. The molecule has 2 aliphatic rings. The van der Waals surface area contributed by atoms with Crippen LogP contribution >= 0.6 is 0 Å². The first-order chi connectivity index (χ1) is 14.7. The van der Waals surface area contributed by atoms with E-state index in [-0.39, 0.29) is 24.2 Å². The third-order valence-corrected chi connectivity index (χ3v) is 6.10. The van der Waals surface area contributed by atoms with Crippen molar-refractivity contribution in [1.82, 2.24) is 9.88 Å². The molecule has 30 heavy (non-hydrogen) atoms. The van der Waals surface area contributed by atoms with Gasteiger partial charge in [-0.05, 0) is 23.6 Å². The number of aromatic nitrogens is 1. The summed E-state index contributed by atoms with van der Waals surface area (Å²) in [6, 6.07) is 19.9. The van der Waals surface area contributed by atoms with Crippen LogP contribution in [0.15, 0.2) is 66.9 Å². The maximum absolute atomic E-state index is 13.1. The third kappa shape index (κ3) is 3.38. The van der Waals surface area contributed by atoms with Gasteiger partial charge in [0.25, 0.3) is 0 Å². The topological polar surface area (TPSA) is 56.8 Å². The lowest BCUT2D eigenvalue weighted by atomic mass is 10.1. The van der Waals surface area contributed by atoms with Crippen LogP contribution < -0.4 is 9.80 Å². The summed E-state index contributed by atoms with van der Waals surface area (Å²) in [5, 5.41) is 2.15. The average Bonchev–Trinajstić information content (AvgIpc) is 3.20. The van der Waals surface area contributed by atoms with Gasteiger partial charge in [0.1, 0.15) is 5.82 Å². The normalized spacial score (nSPS) is 19.5. The van der Waals surface area contributed by atoms with E-state index >= 15 is 0 Å². The Kier molecular flexibility index (Phi) is 4.83. The highest BCUT2D eigenvalue weighted by Crippen LogP contribution is 2.32. The van der Waals surface area contributed by atoms with Crippen molar-refractivity contribution in [2.75, 3.05) is 42.5 Å². The maximum Gasteiger partial charge on any atom is 0.228 e. The molecule has 0 bridgehead atoms. The highest BCUT2D eigenvalue weighted by Gasteiger charge is 2.38. The van der Waals surface area contributed by atoms with E-state index in [9.17, 15) is 9.59 Å². The minimum atomic E-state index is -0.280. The number of fused-ring (bicyclic) bond motifs is 1. The summed E-state index contributed by atoms with van der Waals surface area (Å²) in [5.74, 6) is 0.782. The Morgan fingerprint density at radius 1 is 0.900 bits per heavy atom. The molecule has 2 amide bonds. The number of piperazine rings is 1. The van der Waals surface area contributed by atoms with Crippen LogP contribution in [0, 0.1) is 5.92 Å². The Balaban J connectivity index is 1.27. The van der Waals surface area contributed by atoms with Gasteiger partial charge in [-0.25, -0.2) is 4.98 Å². The van der Waals surface area contributed by atoms with Crippen molar-refractivity contribution in [3.05, 3.63) is 66.9 Å². The van der Waals surface area contributed by atoms with Gasteiger partial charge in [0.15, 0.2) is 0 Å². The molecular weight excluding hydrogens is 376 g/mol. The minimum absolute atomic E-state index is 0.0248. The van der Waals surface area contributed by atoms with Gasteiger partial charge >= 0.3 is 0 Å². The smallest absolute Gasteiger partial charge is 0.228 e. The molecule has 152 valence electrons. The lowest BCUT2D eigenvalue weighted by Gasteiger charge is -2.36. The quantitative estimate of drug-likeness (QED) is 0.678. The Labute approximate surface area is 175 Å². The fraction of sp³-hybridized carbons (Fsp3) is 0.292. The second kappa shape index (κ2) is 7.78. The second-order valence-electron chi connectivity index (χ2n) is 7.90. The number of carbonyl (C=O) groups excluding carboxylic acids is 2. The predicted octanol–water partition coefficient (Wildman–Crippen LogP) is 2.94. The van der Waals surface area contributed by atoms with Gasteiger partial charge in [-0.15, -0.1) is 0 Å². The van der Waals surface area contributed by atoms with Gasteiger partial charge in [0.05, 0.1) is 11.6 Å². The van der Waals surface area contributed by atoms with Crippen LogP contribution in [0.3, 0.4) is 0 Å². The molecule has 2 fully saturated rings. The van der Waals surface area contributed by atoms with Crippen molar-refractivity contribution < 1.29 is 9.59 Å². The van der Waals surface area contributed by atoms with Crippen molar-refractivity contribution >= 4 is 34.1 Å². The molecule has 2 aromatic carbocycles. The summed E-state index contributed by atoms with van der Waals surface area (Å²) in [6.45, 7) is 3.29. The number of amides is 2. The number of anilines is 2. The summed E-state index contributed by atoms with van der Waals surface area (Å²) in [7, 11) is 0. The van der Waals surface area contributed by atoms with E-state index in [1.807, 2.05) is 65.6 Å². The minimum Gasteiger partial charge on any atom is -0.353 e. The number of hydrogen-bond donors (Lipinski definition) is 0. The van der Waals surface area contributed by atoms with Crippen molar-refractivity contribution in [1.29, 1.82) is 0 Å². The van der Waals surface area contributed by atoms with E-state index < -0.39 is 0 Å². The molecule has 6 heteroatoms. The molecule has 6 nitrogen and oxygen atoms in total. The highest BCUT2D eigenvalue weighted by atomic mass is 16.2. The molecule has 1 aromatic heterocycles. The monoisotopic (exact) mass is 400 g/mol. The van der Waals surface area contributed by atoms with Crippen LogP contribution in [-0.4, -0.2) is 54.4 Å². The fourth-order valence-electron chi connectivity index (χ4n) is 4.50. The number of carbonyl (C=O) groups is 2. The number of benzene rings is 2. The van der Waals surface area contributed by atoms with Crippen molar-refractivity contribution in [2.45, 2.75) is 6.42 Å². The molecule has 5 rings (SSSR count). The van der Waals surface area contributed by atoms with Gasteiger partial charge in [0.2, 0.25) is 11.8 Å². The van der Waals surface area contributed by atoms with Gasteiger partial charge in [-0.1, -0.05) is 42.5 Å². The fourth-order valence-corrected chi connectivity index (χ4v) is 4.50. The first-order valence-corrected chi connectivity index (χ1v) is 10.4. The van der Waals surface area contributed by atoms with Crippen LogP contribution in [0.1, 0.15) is 6.42 Å². The second-order valence-corrected chi connectivity index (χ2v) is 7.90. The average molecular weight is 400 g/mol. The highest BCUT2D eigenvalue weighted by molar-refractivity contribution is 6.07. The molecular formula is C24H24N4O2. The van der Waals surface area contributed by atoms with E-state index in [4.69, 9.17) is 0 Å². The molecule has 0 aliphatic carbocycles. The van der Waals surface area contributed by atoms with E-state index in [1.54, 1.807) is 11.1 Å². The Bertz CT molecular complexity index is 1070. The molecule has 3 aromatic rings. The molecule has 2 saturated heterocycles. The summed E-state index contributed by atoms with van der Waals surface area (Å²) < 4.78 is 0. The molecule has 1 atom stereocenters. The van der Waals surface area contributed by atoms with E-state index in [1.165, 1.54) is 0 Å². The number of pyridine rings is 1. The maximum atomic E-state index is 13.1. The Morgan fingerprint density at radius 3 is 2.47 bits per heavy atom. The van der Waals surface area contributed by atoms with Crippen LogP contribution in [0.2, 0.25) is 0 Å². The molecule has 3 heterocycles. The molecule has 0 saturated carbocycles. The summed E-state index contributed by atoms with van der Waals surface area (Å²) in [5.41, 5.74) is 0.897. The van der Waals surface area contributed by atoms with Crippen LogP contribution in [0.4, 0.5) is 11.5 Å². The van der Waals surface area contributed by atoms with Crippen LogP contribution in [0.5, 0.6) is 0 Å². The van der Waals surface area contributed by atoms with Crippen LogP contribution in [-0.2, 0) is 9.59 Å². The van der Waals surface area contributed by atoms with Crippen molar-refractivity contribution in [2.24, 2.45) is 5.92 Å². The largest absolute Gasteiger partial charge is 0.353 e. The lowest BCUT2D eigenvalue weighted by Crippen LogP contribution is -2.51.